The molecule has 4 atom stereocenters. The van der Waals surface area contributed by atoms with Crippen molar-refractivity contribution in [2.24, 2.45) is 16.7 Å². The van der Waals surface area contributed by atoms with E-state index in [4.69, 9.17) is 4.74 Å². The molecule has 2 heteroatoms. The molecule has 2 nitrogen and oxygen atoms in total. The van der Waals surface area contributed by atoms with E-state index in [-0.39, 0.29) is 12.1 Å². The molecular weight excluding hydrogens is 176 g/mol. The molecule has 2 saturated carbocycles. The summed E-state index contributed by atoms with van der Waals surface area (Å²) in [5.74, 6) is 0.641. The zero-order valence-corrected chi connectivity index (χ0v) is 9.01. The van der Waals surface area contributed by atoms with Gasteiger partial charge in [0.1, 0.15) is 6.10 Å². The maximum Gasteiger partial charge on any atom is 0.306 e. The van der Waals surface area contributed by atoms with E-state index in [0.717, 1.165) is 6.42 Å². The fourth-order valence-electron chi connectivity index (χ4n) is 4.15. The minimum Gasteiger partial charge on any atom is -0.462 e. The Bertz CT molecular complexity index is 299. The van der Waals surface area contributed by atoms with Crippen molar-refractivity contribution in [1.29, 1.82) is 0 Å². The molecule has 0 aromatic rings. The molecule has 0 N–H and O–H groups in total. The van der Waals surface area contributed by atoms with E-state index in [1.165, 1.54) is 19.3 Å². The van der Waals surface area contributed by atoms with Gasteiger partial charge in [-0.15, -0.1) is 0 Å². The Balaban J connectivity index is 1.98. The minimum atomic E-state index is 0.0430. The van der Waals surface area contributed by atoms with Gasteiger partial charge >= 0.3 is 5.97 Å². The highest BCUT2D eigenvalue weighted by atomic mass is 16.5. The molecule has 14 heavy (non-hydrogen) atoms. The molecule has 0 bridgehead atoms. The lowest BCUT2D eigenvalue weighted by Gasteiger charge is -2.68. The molecular formula is C12H18O2. The van der Waals surface area contributed by atoms with Gasteiger partial charge in [-0.25, -0.2) is 0 Å². The van der Waals surface area contributed by atoms with Crippen LogP contribution in [0.3, 0.4) is 0 Å². The summed E-state index contributed by atoms with van der Waals surface area (Å²) in [5.41, 5.74) is 0.764. The van der Waals surface area contributed by atoms with Crippen LogP contribution in [-0.4, -0.2) is 12.1 Å². The first-order chi connectivity index (χ1) is 6.56. The van der Waals surface area contributed by atoms with Crippen molar-refractivity contribution in [3.8, 4) is 0 Å². The van der Waals surface area contributed by atoms with Crippen molar-refractivity contribution >= 4 is 5.97 Å². The Labute approximate surface area is 85.0 Å². The number of ether oxygens (including phenoxy) is 1. The summed E-state index contributed by atoms with van der Waals surface area (Å²) in [6.45, 7) is 4.73. The van der Waals surface area contributed by atoms with Gasteiger partial charge in [0.15, 0.2) is 0 Å². The van der Waals surface area contributed by atoms with Crippen molar-refractivity contribution in [3.63, 3.8) is 0 Å². The van der Waals surface area contributed by atoms with Gasteiger partial charge < -0.3 is 4.74 Å². The Morgan fingerprint density at radius 3 is 3.00 bits per heavy atom. The molecule has 3 aliphatic rings. The monoisotopic (exact) mass is 194 g/mol. The van der Waals surface area contributed by atoms with Crippen LogP contribution in [0.1, 0.15) is 46.0 Å². The van der Waals surface area contributed by atoms with Crippen molar-refractivity contribution in [3.05, 3.63) is 0 Å². The Hall–Kier alpha value is -0.530. The molecule has 0 amide bonds. The average molecular weight is 194 g/mol. The van der Waals surface area contributed by atoms with Gasteiger partial charge in [0.05, 0.1) is 0 Å². The average Bonchev–Trinajstić information content (AvgIpc) is 2.12. The van der Waals surface area contributed by atoms with Crippen molar-refractivity contribution < 1.29 is 9.53 Å². The van der Waals surface area contributed by atoms with E-state index in [1.54, 1.807) is 0 Å². The second-order valence-electron chi connectivity index (χ2n) is 5.82. The van der Waals surface area contributed by atoms with E-state index < -0.39 is 0 Å². The topological polar surface area (TPSA) is 26.3 Å². The normalized spacial score (nSPS) is 55.7. The lowest BCUT2D eigenvalue weighted by Crippen LogP contribution is -2.67. The third-order valence-corrected chi connectivity index (χ3v) is 5.42. The SMILES string of the molecule is CC12C3CCC[C@]1(C)CC2OC(=O)C3. The van der Waals surface area contributed by atoms with Crippen LogP contribution in [0.25, 0.3) is 0 Å². The highest BCUT2D eigenvalue weighted by Crippen LogP contribution is 2.69. The molecule has 0 aromatic carbocycles. The van der Waals surface area contributed by atoms with Crippen LogP contribution in [0, 0.1) is 16.7 Å². The predicted octanol–water partition coefficient (Wildman–Crippen LogP) is 2.52. The zero-order chi connectivity index (χ0) is 9.97. The van der Waals surface area contributed by atoms with Crippen molar-refractivity contribution in [2.45, 2.75) is 52.1 Å². The van der Waals surface area contributed by atoms with Gasteiger partial charge in [-0.1, -0.05) is 20.3 Å². The maximum atomic E-state index is 11.4. The Morgan fingerprint density at radius 2 is 2.21 bits per heavy atom. The summed E-state index contributed by atoms with van der Waals surface area (Å²) in [4.78, 5) is 11.4. The summed E-state index contributed by atoms with van der Waals surface area (Å²) < 4.78 is 5.45. The van der Waals surface area contributed by atoms with E-state index >= 15 is 0 Å². The standard InChI is InChI=1S/C12H18O2/c1-11-5-3-4-8-6-10(13)14-9(7-11)12(8,11)2/h8-9H,3-7H2,1-2H3/t8?,9?,11-,12?/m1/s1. The van der Waals surface area contributed by atoms with E-state index in [2.05, 4.69) is 13.8 Å². The molecule has 3 fully saturated rings. The molecule has 1 heterocycles. The van der Waals surface area contributed by atoms with Crippen LogP contribution in [-0.2, 0) is 9.53 Å². The second-order valence-corrected chi connectivity index (χ2v) is 5.82. The first-order valence-electron chi connectivity index (χ1n) is 5.76. The van der Waals surface area contributed by atoms with Crippen LogP contribution in [0.15, 0.2) is 0 Å². The molecule has 1 saturated heterocycles. The fraction of sp³-hybridized carbons (Fsp3) is 0.917. The summed E-state index contributed by atoms with van der Waals surface area (Å²) in [6, 6.07) is 0. The molecule has 0 aromatic heterocycles. The molecule has 78 valence electrons. The molecule has 3 rings (SSSR count). The van der Waals surface area contributed by atoms with Gasteiger partial charge in [-0.3, -0.25) is 4.79 Å². The van der Waals surface area contributed by atoms with Crippen LogP contribution in [0.5, 0.6) is 0 Å². The molecule has 1 aliphatic heterocycles. The lowest BCUT2D eigenvalue weighted by molar-refractivity contribution is -0.261. The van der Waals surface area contributed by atoms with Gasteiger partial charge in [-0.2, -0.15) is 0 Å². The van der Waals surface area contributed by atoms with Crippen molar-refractivity contribution in [1.82, 2.24) is 0 Å². The van der Waals surface area contributed by atoms with Crippen LogP contribution >= 0.6 is 0 Å². The number of rotatable bonds is 0. The second kappa shape index (κ2) is 2.34. The number of carbonyl (C=O) groups excluding carboxylic acids is 1. The summed E-state index contributed by atoms with van der Waals surface area (Å²) in [7, 11) is 0. The minimum absolute atomic E-state index is 0.0430. The Morgan fingerprint density at radius 1 is 1.43 bits per heavy atom. The van der Waals surface area contributed by atoms with E-state index in [1.807, 2.05) is 0 Å². The smallest absolute Gasteiger partial charge is 0.306 e. The third kappa shape index (κ3) is 0.768. The number of esters is 1. The summed E-state index contributed by atoms with van der Waals surface area (Å²) in [6.07, 6.45) is 5.87. The number of hydrogen-bond donors (Lipinski definition) is 0. The molecule has 3 unspecified atom stereocenters. The first-order valence-corrected chi connectivity index (χ1v) is 5.76. The lowest BCUT2D eigenvalue weighted by atomic mass is 9.39. The highest BCUT2D eigenvalue weighted by molar-refractivity contribution is 5.71. The predicted molar refractivity (Wildman–Crippen MR) is 52.7 cm³/mol. The van der Waals surface area contributed by atoms with Gasteiger partial charge in [0, 0.05) is 11.8 Å². The molecule has 0 spiro atoms. The first kappa shape index (κ1) is 8.75. The van der Waals surface area contributed by atoms with Gasteiger partial charge in [0.2, 0.25) is 0 Å². The zero-order valence-electron chi connectivity index (χ0n) is 9.01. The van der Waals surface area contributed by atoms with Gasteiger partial charge in [0.25, 0.3) is 0 Å². The Kier molecular flexibility index (Phi) is 1.46. The van der Waals surface area contributed by atoms with Crippen LogP contribution < -0.4 is 0 Å². The van der Waals surface area contributed by atoms with Crippen LogP contribution in [0.4, 0.5) is 0 Å². The summed E-state index contributed by atoms with van der Waals surface area (Å²) >= 11 is 0. The fourth-order valence-corrected chi connectivity index (χ4v) is 4.15. The van der Waals surface area contributed by atoms with E-state index in [0.29, 0.717) is 23.2 Å². The van der Waals surface area contributed by atoms with Crippen LogP contribution in [0.2, 0.25) is 0 Å². The molecule has 0 radical (unpaired) electrons. The number of carbonyl (C=O) groups is 1. The van der Waals surface area contributed by atoms with Gasteiger partial charge in [-0.05, 0) is 30.6 Å². The molecule has 2 aliphatic carbocycles. The third-order valence-electron chi connectivity index (χ3n) is 5.42. The highest BCUT2D eigenvalue weighted by Gasteiger charge is 2.67. The van der Waals surface area contributed by atoms with Crippen molar-refractivity contribution in [2.75, 3.05) is 0 Å². The largest absolute Gasteiger partial charge is 0.462 e. The van der Waals surface area contributed by atoms with E-state index in [9.17, 15) is 4.79 Å². The maximum absolute atomic E-state index is 11.4. The number of hydrogen-bond acceptors (Lipinski definition) is 2. The summed E-state index contributed by atoms with van der Waals surface area (Å²) in [5, 5.41) is 0. The quantitative estimate of drug-likeness (QED) is 0.554.